The van der Waals surface area contributed by atoms with Crippen molar-refractivity contribution >= 4 is 30.2 Å². The average molecular weight is 648 g/mol. The summed E-state index contributed by atoms with van der Waals surface area (Å²) in [4.78, 5) is 39.9. The fourth-order valence-electron chi connectivity index (χ4n) is 6.27. The van der Waals surface area contributed by atoms with Gasteiger partial charge in [0.15, 0.2) is 5.76 Å². The zero-order chi connectivity index (χ0) is 33.5. The van der Waals surface area contributed by atoms with Crippen molar-refractivity contribution < 1.29 is 24.5 Å². The number of carbonyl (C=O) groups excluding carboxylic acids is 2. The highest BCUT2D eigenvalue weighted by Gasteiger charge is 2.26. The van der Waals surface area contributed by atoms with Crippen LogP contribution in [0.2, 0.25) is 0 Å². The van der Waals surface area contributed by atoms with Gasteiger partial charge in [-0.05, 0) is 87.6 Å². The summed E-state index contributed by atoms with van der Waals surface area (Å²) < 4.78 is 5.72. The van der Waals surface area contributed by atoms with Crippen LogP contribution in [0.25, 0.3) is 0 Å². The van der Waals surface area contributed by atoms with Crippen molar-refractivity contribution in [2.24, 2.45) is 4.99 Å². The monoisotopic (exact) mass is 647 g/mol. The number of ether oxygens (including phenoxy) is 1. The number of likely N-dealkylation sites (tertiary alicyclic amines) is 1. The van der Waals surface area contributed by atoms with E-state index in [2.05, 4.69) is 32.1 Å². The number of rotatable bonds is 13. The molecule has 0 spiro atoms. The van der Waals surface area contributed by atoms with Gasteiger partial charge in [-0.2, -0.15) is 0 Å². The van der Waals surface area contributed by atoms with Gasteiger partial charge in [0.1, 0.15) is 24.0 Å². The minimum atomic E-state index is -0.734. The third-order valence-corrected chi connectivity index (χ3v) is 9.62. The highest BCUT2D eigenvalue weighted by Crippen LogP contribution is 2.29. The van der Waals surface area contributed by atoms with Crippen molar-refractivity contribution in [1.29, 1.82) is 0 Å². The largest absolute Gasteiger partial charge is 0.507 e. The predicted octanol–water partition coefficient (Wildman–Crippen LogP) is 3.51. The number of allylic oxidation sites excluding steroid dienone is 1. The summed E-state index contributed by atoms with van der Waals surface area (Å²) in [6.07, 6.45) is 5.13. The molecule has 1 saturated carbocycles. The maximum absolute atomic E-state index is 13.4. The number of nitrogens with zero attached hydrogens (tertiary/aromatic N) is 5. The lowest BCUT2D eigenvalue weighted by Crippen LogP contribution is -2.42. The molecule has 1 aromatic heterocycles. The molecule has 2 aromatic rings. The van der Waals surface area contributed by atoms with Crippen LogP contribution >= 0.6 is 0 Å². The van der Waals surface area contributed by atoms with Gasteiger partial charge in [-0.15, -0.1) is 0 Å². The molecule has 1 saturated heterocycles. The van der Waals surface area contributed by atoms with Crippen molar-refractivity contribution in [3.63, 3.8) is 0 Å². The van der Waals surface area contributed by atoms with Crippen LogP contribution in [0.1, 0.15) is 67.4 Å². The molecule has 47 heavy (non-hydrogen) atoms. The molecule has 1 atom stereocenters. The number of carbonyl (C=O) groups is 2. The van der Waals surface area contributed by atoms with E-state index in [1.807, 2.05) is 36.2 Å². The highest BCUT2D eigenvalue weighted by atomic mass is 16.5. The van der Waals surface area contributed by atoms with E-state index in [1.54, 1.807) is 19.9 Å². The Morgan fingerprint density at radius 3 is 2.57 bits per heavy atom. The number of aromatic nitrogens is 1. The predicted molar refractivity (Wildman–Crippen MR) is 183 cm³/mol. The first-order valence-electron chi connectivity index (χ1n) is 16.6. The molecule has 12 nitrogen and oxygen atoms in total. The topological polar surface area (TPSA) is 143 Å². The molecule has 0 radical (unpaired) electrons. The molecule has 2 aliphatic heterocycles. The maximum Gasteiger partial charge on any atom is 0.251 e. The fraction of sp³-hybridized carbons (Fsp3) is 0.543. The van der Waals surface area contributed by atoms with E-state index in [1.165, 1.54) is 12.0 Å². The summed E-state index contributed by atoms with van der Waals surface area (Å²) in [5.74, 6) is 1.98. The molecular weight excluding hydrogens is 598 g/mol. The Kier molecular flexibility index (Phi) is 11.4. The number of anilines is 2. The SMILES string of the molecule is C=NC(C)=C(O)COc1ccc2c(c1)CCN(C[C@@H](O)CNC(=O)c1cc(NC3CCN(C(C)=O)CC3)nc(N(C)C3CCC3)c1)C2. The lowest BCUT2D eigenvalue weighted by Gasteiger charge is -2.36. The number of fused-ring (bicyclic) bond motifs is 1. The Morgan fingerprint density at radius 2 is 1.89 bits per heavy atom. The summed E-state index contributed by atoms with van der Waals surface area (Å²) in [6, 6.07) is 10.1. The van der Waals surface area contributed by atoms with E-state index in [4.69, 9.17) is 9.72 Å². The molecule has 2 amide bonds. The Labute approximate surface area is 277 Å². The van der Waals surface area contributed by atoms with Gasteiger partial charge in [-0.1, -0.05) is 6.07 Å². The second kappa shape index (κ2) is 15.6. The number of amides is 2. The number of aliphatic hydroxyl groups excluding tert-OH is 2. The molecular formula is C35H49N7O5. The van der Waals surface area contributed by atoms with Crippen LogP contribution in [0.15, 0.2) is 46.8 Å². The third kappa shape index (κ3) is 9.01. The number of piperidine rings is 1. The van der Waals surface area contributed by atoms with Crippen molar-refractivity contribution in [2.75, 3.05) is 56.6 Å². The van der Waals surface area contributed by atoms with Gasteiger partial charge in [-0.3, -0.25) is 19.5 Å². The number of hydrogen-bond acceptors (Lipinski definition) is 10. The van der Waals surface area contributed by atoms with Crippen LogP contribution in [-0.4, -0.2) is 108 Å². The van der Waals surface area contributed by atoms with E-state index in [9.17, 15) is 19.8 Å². The third-order valence-electron chi connectivity index (χ3n) is 9.62. The van der Waals surface area contributed by atoms with Crippen LogP contribution in [0.5, 0.6) is 5.75 Å². The molecule has 0 bridgehead atoms. The zero-order valence-corrected chi connectivity index (χ0v) is 27.9. The Hall–Kier alpha value is -4.16. The van der Waals surface area contributed by atoms with E-state index >= 15 is 0 Å². The van der Waals surface area contributed by atoms with Crippen LogP contribution in [0.4, 0.5) is 11.6 Å². The number of pyridine rings is 1. The number of nitrogens with one attached hydrogen (secondary N) is 2. The van der Waals surface area contributed by atoms with E-state index in [0.29, 0.717) is 55.0 Å². The Bertz CT molecular complexity index is 1470. The van der Waals surface area contributed by atoms with Crippen LogP contribution < -0.4 is 20.3 Å². The summed E-state index contributed by atoms with van der Waals surface area (Å²) in [6.45, 7) is 10.2. The summed E-state index contributed by atoms with van der Waals surface area (Å²) in [5, 5.41) is 27.3. The molecule has 4 N–H and O–H groups in total. The molecule has 0 unspecified atom stereocenters. The van der Waals surface area contributed by atoms with Gasteiger partial charge < -0.3 is 35.4 Å². The first kappa shape index (κ1) is 34.2. The lowest BCUT2D eigenvalue weighted by molar-refractivity contribution is -0.129. The quantitative estimate of drug-likeness (QED) is 0.190. The van der Waals surface area contributed by atoms with Gasteiger partial charge >= 0.3 is 0 Å². The molecule has 5 rings (SSSR count). The average Bonchev–Trinajstić information content (AvgIpc) is 3.04. The van der Waals surface area contributed by atoms with Gasteiger partial charge in [0.2, 0.25) is 5.91 Å². The molecule has 3 heterocycles. The molecule has 2 fully saturated rings. The van der Waals surface area contributed by atoms with Gasteiger partial charge in [-0.25, -0.2) is 4.98 Å². The van der Waals surface area contributed by atoms with Crippen LogP contribution in [0.3, 0.4) is 0 Å². The van der Waals surface area contributed by atoms with Gasteiger partial charge in [0.25, 0.3) is 5.91 Å². The Balaban J connectivity index is 1.15. The standard InChI is InChI=1S/C35H49N7O5/c1-23(36-3)32(45)22-47-31-9-8-26-20-41(13-10-25(26)16-31)21-30(44)19-37-35(46)27-17-33(38-28-11-14-42(15-12-28)24(2)43)39-34(18-27)40(4)29-6-5-7-29/h8-9,16-18,28-30,44-45H,3,5-7,10-15,19-22H2,1-2,4H3,(H,37,46)(H,38,39)/t30-/m0/s1. The summed E-state index contributed by atoms with van der Waals surface area (Å²) in [5.41, 5.74) is 3.28. The maximum atomic E-state index is 13.4. The summed E-state index contributed by atoms with van der Waals surface area (Å²) in [7, 11) is 2.03. The van der Waals surface area contributed by atoms with Crippen molar-refractivity contribution in [3.8, 4) is 5.75 Å². The van der Waals surface area contributed by atoms with E-state index in [0.717, 1.165) is 50.0 Å². The van der Waals surface area contributed by atoms with Gasteiger partial charge in [0.05, 0.1) is 11.8 Å². The van der Waals surface area contributed by atoms with Crippen molar-refractivity contribution in [1.82, 2.24) is 20.1 Å². The lowest BCUT2D eigenvalue weighted by atomic mass is 9.92. The van der Waals surface area contributed by atoms with Crippen molar-refractivity contribution in [2.45, 2.75) is 77.1 Å². The fourth-order valence-corrected chi connectivity index (χ4v) is 6.27. The van der Waals surface area contributed by atoms with E-state index in [-0.39, 0.29) is 36.8 Å². The van der Waals surface area contributed by atoms with Crippen LogP contribution in [0, 0.1) is 0 Å². The Morgan fingerprint density at radius 1 is 1.13 bits per heavy atom. The number of hydrogen-bond donors (Lipinski definition) is 4. The van der Waals surface area contributed by atoms with Crippen molar-refractivity contribution in [3.05, 3.63) is 58.5 Å². The molecule has 1 aliphatic carbocycles. The number of benzene rings is 1. The minimum absolute atomic E-state index is 0.0329. The molecule has 12 heteroatoms. The number of aliphatic hydroxyl groups is 2. The van der Waals surface area contributed by atoms with E-state index < -0.39 is 6.10 Å². The molecule has 254 valence electrons. The first-order chi connectivity index (χ1) is 22.6. The zero-order valence-electron chi connectivity index (χ0n) is 27.9. The summed E-state index contributed by atoms with van der Waals surface area (Å²) >= 11 is 0. The second-order valence-electron chi connectivity index (χ2n) is 13.0. The molecule has 1 aromatic carbocycles. The first-order valence-corrected chi connectivity index (χ1v) is 16.6. The molecule has 3 aliphatic rings. The number of β-amino-alcohol motifs (C(OH)–C–C–N with tert-alkyl or cyclic N) is 1. The highest BCUT2D eigenvalue weighted by molar-refractivity contribution is 5.95. The minimum Gasteiger partial charge on any atom is -0.507 e. The smallest absolute Gasteiger partial charge is 0.251 e. The normalized spacial score (nSPS) is 18.3. The second-order valence-corrected chi connectivity index (χ2v) is 13.0. The van der Waals surface area contributed by atoms with Crippen LogP contribution in [-0.2, 0) is 17.8 Å². The number of aliphatic imine (C=N–C) groups is 1. The van der Waals surface area contributed by atoms with Gasteiger partial charge in [0, 0.05) is 70.9 Å².